The van der Waals surface area contributed by atoms with Gasteiger partial charge in [0.15, 0.2) is 5.96 Å². The number of carbonyl (C=O) groups excluding carboxylic acids is 2. The van der Waals surface area contributed by atoms with Gasteiger partial charge in [0.25, 0.3) is 0 Å². The van der Waals surface area contributed by atoms with E-state index in [1.54, 1.807) is 0 Å². The highest BCUT2D eigenvalue weighted by molar-refractivity contribution is 5.81. The van der Waals surface area contributed by atoms with Crippen LogP contribution in [0, 0.1) is 5.92 Å². The molecule has 1 N–H and O–H groups in total. The molecule has 8 heteroatoms. The smallest absolute Gasteiger partial charge is 0.308 e. The van der Waals surface area contributed by atoms with Crippen molar-refractivity contribution in [3.8, 4) is 0 Å². The van der Waals surface area contributed by atoms with Crippen molar-refractivity contribution in [3.05, 3.63) is 30.3 Å². The summed E-state index contributed by atoms with van der Waals surface area (Å²) < 4.78 is 4.87. The third kappa shape index (κ3) is 6.35. The number of piperidine rings is 1. The molecule has 2 saturated heterocycles. The third-order valence-electron chi connectivity index (χ3n) is 6.00. The largest absolute Gasteiger partial charge is 0.469 e. The lowest BCUT2D eigenvalue weighted by Gasteiger charge is -2.36. The molecular weight excluding hydrogens is 394 g/mol. The maximum atomic E-state index is 12.7. The van der Waals surface area contributed by atoms with Gasteiger partial charge in [-0.05, 0) is 31.9 Å². The van der Waals surface area contributed by atoms with E-state index in [9.17, 15) is 9.59 Å². The number of anilines is 1. The standard InChI is InChI=1S/C23H35N5O3/c1-3-24-23(28-13-10-19(11-14-28)22(30)31-2)25-12-9-21(29)27-17-15-26(16-18-27)20-7-5-4-6-8-20/h4-8,19H,3,9-18H2,1-2H3,(H,24,25). The van der Waals surface area contributed by atoms with Gasteiger partial charge >= 0.3 is 5.97 Å². The summed E-state index contributed by atoms with van der Waals surface area (Å²) in [5.74, 6) is 0.837. The van der Waals surface area contributed by atoms with E-state index >= 15 is 0 Å². The van der Waals surface area contributed by atoms with Crippen LogP contribution in [0.4, 0.5) is 5.69 Å². The van der Waals surface area contributed by atoms with Gasteiger partial charge in [-0.15, -0.1) is 0 Å². The zero-order valence-corrected chi connectivity index (χ0v) is 18.8. The van der Waals surface area contributed by atoms with Crippen molar-refractivity contribution >= 4 is 23.5 Å². The lowest BCUT2D eigenvalue weighted by molar-refractivity contribution is -0.146. The number of methoxy groups -OCH3 is 1. The molecule has 2 fully saturated rings. The van der Waals surface area contributed by atoms with Gasteiger partial charge in [-0.25, -0.2) is 0 Å². The fourth-order valence-electron chi connectivity index (χ4n) is 4.19. The van der Waals surface area contributed by atoms with Crippen molar-refractivity contribution in [2.45, 2.75) is 26.2 Å². The predicted molar refractivity (Wildman–Crippen MR) is 122 cm³/mol. The number of amides is 1. The molecule has 0 spiro atoms. The van der Waals surface area contributed by atoms with Gasteiger partial charge in [0, 0.05) is 57.9 Å². The van der Waals surface area contributed by atoms with Gasteiger partial charge in [0.1, 0.15) is 0 Å². The van der Waals surface area contributed by atoms with Crippen molar-refractivity contribution in [2.75, 3.05) is 64.4 Å². The molecular formula is C23H35N5O3. The zero-order valence-electron chi connectivity index (χ0n) is 18.8. The Morgan fingerprint density at radius 3 is 2.32 bits per heavy atom. The van der Waals surface area contributed by atoms with E-state index < -0.39 is 0 Å². The topological polar surface area (TPSA) is 77.5 Å². The number of piperazine rings is 1. The highest BCUT2D eigenvalue weighted by atomic mass is 16.5. The minimum absolute atomic E-state index is 0.0275. The molecule has 1 aromatic carbocycles. The number of ether oxygens (including phenoxy) is 1. The van der Waals surface area contributed by atoms with Gasteiger partial charge in [-0.1, -0.05) is 18.2 Å². The first-order valence-corrected chi connectivity index (χ1v) is 11.3. The van der Waals surface area contributed by atoms with Crippen LogP contribution in [-0.4, -0.2) is 87.1 Å². The summed E-state index contributed by atoms with van der Waals surface area (Å²) in [5, 5.41) is 3.32. The Hall–Kier alpha value is -2.77. The summed E-state index contributed by atoms with van der Waals surface area (Å²) in [6.45, 7) is 8.02. The lowest BCUT2D eigenvalue weighted by Crippen LogP contribution is -2.49. The molecule has 0 aromatic heterocycles. The number of nitrogens with zero attached hydrogens (tertiary/aromatic N) is 4. The highest BCUT2D eigenvalue weighted by Gasteiger charge is 2.27. The third-order valence-corrected chi connectivity index (χ3v) is 6.00. The molecule has 1 aromatic rings. The molecule has 2 heterocycles. The molecule has 1 amide bonds. The number of guanidine groups is 1. The second-order valence-electron chi connectivity index (χ2n) is 7.97. The molecule has 0 bridgehead atoms. The number of carbonyl (C=O) groups is 2. The SMILES string of the molecule is CCNC(=NCCC(=O)N1CCN(c2ccccc2)CC1)N1CCC(C(=O)OC)CC1. The summed E-state index contributed by atoms with van der Waals surface area (Å²) in [6, 6.07) is 10.3. The Bertz CT molecular complexity index is 739. The number of benzene rings is 1. The summed E-state index contributed by atoms with van der Waals surface area (Å²) in [5.41, 5.74) is 1.21. The van der Waals surface area contributed by atoms with Gasteiger partial charge in [0.2, 0.25) is 5.91 Å². The fraction of sp³-hybridized carbons (Fsp3) is 0.609. The number of aliphatic imine (C=N–C) groups is 1. The number of esters is 1. The normalized spacial score (nSPS) is 18.1. The molecule has 8 nitrogen and oxygen atoms in total. The fourth-order valence-corrected chi connectivity index (χ4v) is 4.19. The number of hydrogen-bond acceptors (Lipinski definition) is 5. The molecule has 0 saturated carbocycles. The quantitative estimate of drug-likeness (QED) is 0.420. The van der Waals surface area contributed by atoms with Crippen LogP contribution in [0.15, 0.2) is 35.3 Å². The molecule has 0 radical (unpaired) electrons. The average Bonchev–Trinajstić information content (AvgIpc) is 2.83. The number of likely N-dealkylation sites (tertiary alicyclic amines) is 1. The Morgan fingerprint density at radius 2 is 1.71 bits per heavy atom. The second-order valence-corrected chi connectivity index (χ2v) is 7.97. The van der Waals surface area contributed by atoms with E-state index in [0.717, 1.165) is 64.6 Å². The molecule has 0 aliphatic carbocycles. The van der Waals surface area contributed by atoms with E-state index in [0.29, 0.717) is 13.0 Å². The van der Waals surface area contributed by atoms with Gasteiger partial charge in [-0.3, -0.25) is 14.6 Å². The minimum atomic E-state index is -0.125. The van der Waals surface area contributed by atoms with Gasteiger partial charge in [-0.2, -0.15) is 0 Å². The van der Waals surface area contributed by atoms with Crippen molar-refractivity contribution in [1.82, 2.24) is 15.1 Å². The molecule has 2 aliphatic rings. The maximum Gasteiger partial charge on any atom is 0.308 e. The van der Waals surface area contributed by atoms with E-state index in [-0.39, 0.29) is 17.8 Å². The van der Waals surface area contributed by atoms with Crippen LogP contribution in [0.25, 0.3) is 0 Å². The van der Waals surface area contributed by atoms with Crippen LogP contribution in [-0.2, 0) is 14.3 Å². The van der Waals surface area contributed by atoms with Crippen LogP contribution >= 0.6 is 0 Å². The highest BCUT2D eigenvalue weighted by Crippen LogP contribution is 2.19. The zero-order chi connectivity index (χ0) is 22.1. The monoisotopic (exact) mass is 429 g/mol. The molecule has 0 atom stereocenters. The summed E-state index contributed by atoms with van der Waals surface area (Å²) >= 11 is 0. The number of hydrogen-bond donors (Lipinski definition) is 1. The predicted octanol–water partition coefficient (Wildman–Crippen LogP) is 1.58. The number of para-hydroxylation sites is 1. The second kappa shape index (κ2) is 11.6. The van der Waals surface area contributed by atoms with Crippen molar-refractivity contribution in [1.29, 1.82) is 0 Å². The van der Waals surface area contributed by atoms with E-state index in [1.165, 1.54) is 12.8 Å². The van der Waals surface area contributed by atoms with Crippen molar-refractivity contribution in [3.63, 3.8) is 0 Å². The van der Waals surface area contributed by atoms with Crippen LogP contribution in [0.5, 0.6) is 0 Å². The van der Waals surface area contributed by atoms with Crippen LogP contribution in [0.2, 0.25) is 0 Å². The Balaban J connectivity index is 1.44. The molecule has 3 rings (SSSR count). The van der Waals surface area contributed by atoms with Gasteiger partial charge < -0.3 is 24.8 Å². The molecule has 170 valence electrons. The van der Waals surface area contributed by atoms with Crippen molar-refractivity contribution in [2.24, 2.45) is 10.9 Å². The van der Waals surface area contributed by atoms with E-state index in [4.69, 9.17) is 4.74 Å². The maximum absolute atomic E-state index is 12.7. The first-order chi connectivity index (χ1) is 15.1. The Labute approximate surface area is 185 Å². The molecule has 0 unspecified atom stereocenters. The average molecular weight is 430 g/mol. The lowest BCUT2D eigenvalue weighted by atomic mass is 9.97. The number of nitrogens with one attached hydrogen (secondary N) is 1. The van der Waals surface area contributed by atoms with Crippen LogP contribution < -0.4 is 10.2 Å². The first kappa shape index (κ1) is 22.9. The summed E-state index contributed by atoms with van der Waals surface area (Å²) in [6.07, 6.45) is 1.95. The minimum Gasteiger partial charge on any atom is -0.469 e. The first-order valence-electron chi connectivity index (χ1n) is 11.3. The number of rotatable bonds is 6. The molecule has 31 heavy (non-hydrogen) atoms. The summed E-state index contributed by atoms with van der Waals surface area (Å²) in [4.78, 5) is 35.5. The Kier molecular flexibility index (Phi) is 8.55. The van der Waals surface area contributed by atoms with Crippen LogP contribution in [0.3, 0.4) is 0 Å². The van der Waals surface area contributed by atoms with Gasteiger partial charge in [0.05, 0.1) is 19.6 Å². The Morgan fingerprint density at radius 1 is 1.03 bits per heavy atom. The van der Waals surface area contributed by atoms with E-state index in [1.807, 2.05) is 30.0 Å². The van der Waals surface area contributed by atoms with E-state index in [2.05, 4.69) is 32.2 Å². The van der Waals surface area contributed by atoms with Crippen molar-refractivity contribution < 1.29 is 14.3 Å². The van der Waals surface area contributed by atoms with Crippen LogP contribution in [0.1, 0.15) is 26.2 Å². The molecule has 2 aliphatic heterocycles. The summed E-state index contributed by atoms with van der Waals surface area (Å²) in [7, 11) is 1.44.